The Bertz CT molecular complexity index is 362. The molecule has 0 bridgehead atoms. The van der Waals surface area contributed by atoms with Crippen molar-refractivity contribution in [2.24, 2.45) is 5.16 Å². The Morgan fingerprint density at radius 2 is 2.38 bits per heavy atom. The molecule has 0 atom stereocenters. The third kappa shape index (κ3) is 3.66. The van der Waals surface area contributed by atoms with E-state index in [1.54, 1.807) is 12.1 Å². The summed E-state index contributed by atoms with van der Waals surface area (Å²) in [6.07, 6.45) is 3.09. The highest BCUT2D eigenvalue weighted by Gasteiger charge is 2.04. The average molecular weight is 223 g/mol. The van der Waals surface area contributed by atoms with Crippen LogP contribution >= 0.6 is 0 Å². The summed E-state index contributed by atoms with van der Waals surface area (Å²) in [5.41, 5.74) is 0.891. The highest BCUT2D eigenvalue weighted by atomic mass is 16.4. The monoisotopic (exact) mass is 223 g/mol. The number of carbonyl (C=O) groups is 1. The standard InChI is InChI=1S/C10H13N3O3/c14-5-1-4-11-10(15)8-2-3-9(7-13-16)12-6-8/h2-3,6-7,14,16H,1,4-5H2,(H,11,15)/b13-7+. The lowest BCUT2D eigenvalue weighted by atomic mass is 10.2. The van der Waals surface area contributed by atoms with Crippen LogP contribution in [0.5, 0.6) is 0 Å². The minimum atomic E-state index is -0.242. The Balaban J connectivity index is 2.56. The summed E-state index contributed by atoms with van der Waals surface area (Å²) >= 11 is 0. The summed E-state index contributed by atoms with van der Waals surface area (Å²) in [5, 5.41) is 22.3. The Morgan fingerprint density at radius 1 is 1.56 bits per heavy atom. The zero-order chi connectivity index (χ0) is 11.8. The Morgan fingerprint density at radius 3 is 2.94 bits per heavy atom. The third-order valence-corrected chi connectivity index (χ3v) is 1.86. The molecule has 1 rings (SSSR count). The number of aromatic nitrogens is 1. The lowest BCUT2D eigenvalue weighted by Crippen LogP contribution is -2.25. The highest BCUT2D eigenvalue weighted by Crippen LogP contribution is 1.98. The quantitative estimate of drug-likeness (QED) is 0.283. The Kier molecular flexibility index (Phi) is 4.94. The predicted molar refractivity (Wildman–Crippen MR) is 57.7 cm³/mol. The van der Waals surface area contributed by atoms with Crippen LogP contribution in [0.2, 0.25) is 0 Å². The summed E-state index contributed by atoms with van der Waals surface area (Å²) in [5.74, 6) is -0.242. The molecule has 0 saturated heterocycles. The van der Waals surface area contributed by atoms with Gasteiger partial charge in [0.2, 0.25) is 0 Å². The molecule has 0 aliphatic rings. The summed E-state index contributed by atoms with van der Waals surface area (Å²) in [6.45, 7) is 0.472. The molecular weight excluding hydrogens is 210 g/mol. The van der Waals surface area contributed by atoms with Gasteiger partial charge in [0.15, 0.2) is 0 Å². The van der Waals surface area contributed by atoms with Gasteiger partial charge < -0.3 is 15.6 Å². The van der Waals surface area contributed by atoms with Crippen molar-refractivity contribution in [3.05, 3.63) is 29.6 Å². The predicted octanol–water partition coefficient (Wildman–Crippen LogP) is 0.00190. The molecule has 0 fully saturated rings. The van der Waals surface area contributed by atoms with E-state index >= 15 is 0 Å². The van der Waals surface area contributed by atoms with Crippen LogP contribution in [0.15, 0.2) is 23.5 Å². The number of hydrogen-bond donors (Lipinski definition) is 3. The maximum atomic E-state index is 11.5. The summed E-state index contributed by atoms with van der Waals surface area (Å²) in [7, 11) is 0. The number of carbonyl (C=O) groups excluding carboxylic acids is 1. The van der Waals surface area contributed by atoms with E-state index in [-0.39, 0.29) is 12.5 Å². The van der Waals surface area contributed by atoms with Crippen LogP contribution in [0.25, 0.3) is 0 Å². The average Bonchev–Trinajstić information content (AvgIpc) is 2.30. The van der Waals surface area contributed by atoms with Crippen molar-refractivity contribution in [3.8, 4) is 0 Å². The number of nitrogens with zero attached hydrogens (tertiary/aromatic N) is 2. The largest absolute Gasteiger partial charge is 0.411 e. The number of rotatable bonds is 5. The van der Waals surface area contributed by atoms with E-state index in [1.807, 2.05) is 0 Å². The molecule has 0 aliphatic heterocycles. The van der Waals surface area contributed by atoms with Crippen molar-refractivity contribution in [2.75, 3.05) is 13.2 Å². The van der Waals surface area contributed by atoms with Crippen molar-refractivity contribution in [2.45, 2.75) is 6.42 Å². The van der Waals surface area contributed by atoms with Crippen molar-refractivity contribution in [1.82, 2.24) is 10.3 Å². The SMILES string of the molecule is O=C(NCCCO)c1ccc(/C=N/O)nc1. The summed E-state index contributed by atoms with van der Waals surface area (Å²) in [4.78, 5) is 15.4. The fourth-order valence-electron chi connectivity index (χ4n) is 1.06. The van der Waals surface area contributed by atoms with E-state index in [2.05, 4.69) is 15.5 Å². The van der Waals surface area contributed by atoms with Gasteiger partial charge in [-0.15, -0.1) is 0 Å². The number of oxime groups is 1. The van der Waals surface area contributed by atoms with Crippen molar-refractivity contribution < 1.29 is 15.1 Å². The molecule has 1 amide bonds. The Hall–Kier alpha value is -1.95. The first-order chi connectivity index (χ1) is 7.77. The smallest absolute Gasteiger partial charge is 0.252 e. The molecule has 0 radical (unpaired) electrons. The molecule has 0 unspecified atom stereocenters. The van der Waals surface area contributed by atoms with E-state index in [0.717, 1.165) is 0 Å². The summed E-state index contributed by atoms with van der Waals surface area (Å²) in [6, 6.07) is 3.15. The number of pyridine rings is 1. The van der Waals surface area contributed by atoms with E-state index in [0.29, 0.717) is 24.2 Å². The van der Waals surface area contributed by atoms with Crippen LogP contribution in [-0.2, 0) is 0 Å². The van der Waals surface area contributed by atoms with Gasteiger partial charge in [-0.25, -0.2) is 0 Å². The van der Waals surface area contributed by atoms with Crippen LogP contribution in [-0.4, -0.2) is 40.6 Å². The Labute approximate surface area is 92.6 Å². The molecule has 86 valence electrons. The van der Waals surface area contributed by atoms with Crippen molar-refractivity contribution in [3.63, 3.8) is 0 Å². The molecule has 0 saturated carbocycles. The van der Waals surface area contributed by atoms with Gasteiger partial charge in [-0.1, -0.05) is 5.16 Å². The molecule has 3 N–H and O–H groups in total. The van der Waals surface area contributed by atoms with Gasteiger partial charge in [0.05, 0.1) is 17.5 Å². The summed E-state index contributed by atoms with van der Waals surface area (Å²) < 4.78 is 0. The molecule has 6 nitrogen and oxygen atoms in total. The topological polar surface area (TPSA) is 94.8 Å². The van der Waals surface area contributed by atoms with Crippen molar-refractivity contribution in [1.29, 1.82) is 0 Å². The first-order valence-corrected chi connectivity index (χ1v) is 4.80. The van der Waals surface area contributed by atoms with E-state index in [1.165, 1.54) is 12.4 Å². The zero-order valence-corrected chi connectivity index (χ0v) is 8.63. The molecule has 6 heteroatoms. The highest BCUT2D eigenvalue weighted by molar-refractivity contribution is 5.94. The second-order valence-electron chi connectivity index (χ2n) is 3.05. The van der Waals surface area contributed by atoms with Gasteiger partial charge >= 0.3 is 0 Å². The second kappa shape index (κ2) is 6.52. The van der Waals surface area contributed by atoms with Crippen LogP contribution in [0.1, 0.15) is 22.5 Å². The second-order valence-corrected chi connectivity index (χ2v) is 3.05. The molecular formula is C10H13N3O3. The van der Waals surface area contributed by atoms with Gasteiger partial charge in [-0.2, -0.15) is 0 Å². The minimum Gasteiger partial charge on any atom is -0.411 e. The number of amides is 1. The van der Waals surface area contributed by atoms with Crippen LogP contribution in [0, 0.1) is 0 Å². The first-order valence-electron chi connectivity index (χ1n) is 4.80. The van der Waals surface area contributed by atoms with E-state index in [4.69, 9.17) is 10.3 Å². The normalized spacial score (nSPS) is 10.6. The van der Waals surface area contributed by atoms with E-state index in [9.17, 15) is 4.79 Å². The number of hydrogen-bond acceptors (Lipinski definition) is 5. The van der Waals surface area contributed by atoms with Crippen LogP contribution < -0.4 is 5.32 Å². The lowest BCUT2D eigenvalue weighted by molar-refractivity contribution is 0.0951. The molecule has 0 aliphatic carbocycles. The van der Waals surface area contributed by atoms with Gasteiger partial charge in [-0.05, 0) is 18.6 Å². The van der Waals surface area contributed by atoms with Gasteiger partial charge in [0, 0.05) is 19.3 Å². The molecule has 0 aromatic carbocycles. The van der Waals surface area contributed by atoms with Crippen molar-refractivity contribution >= 4 is 12.1 Å². The third-order valence-electron chi connectivity index (χ3n) is 1.86. The minimum absolute atomic E-state index is 0.0461. The van der Waals surface area contributed by atoms with Crippen LogP contribution in [0.4, 0.5) is 0 Å². The van der Waals surface area contributed by atoms with Gasteiger partial charge in [-0.3, -0.25) is 9.78 Å². The molecule has 0 spiro atoms. The fourth-order valence-corrected chi connectivity index (χ4v) is 1.06. The molecule has 16 heavy (non-hydrogen) atoms. The number of aliphatic hydroxyl groups is 1. The molecule has 1 aromatic heterocycles. The zero-order valence-electron chi connectivity index (χ0n) is 8.63. The maximum absolute atomic E-state index is 11.5. The molecule has 1 heterocycles. The molecule has 1 aromatic rings. The maximum Gasteiger partial charge on any atom is 0.252 e. The van der Waals surface area contributed by atoms with Gasteiger partial charge in [0.25, 0.3) is 5.91 Å². The number of nitrogens with one attached hydrogen (secondary N) is 1. The number of aliphatic hydroxyl groups excluding tert-OH is 1. The fraction of sp³-hybridized carbons (Fsp3) is 0.300. The van der Waals surface area contributed by atoms with Gasteiger partial charge in [0.1, 0.15) is 0 Å². The van der Waals surface area contributed by atoms with E-state index < -0.39 is 0 Å². The van der Waals surface area contributed by atoms with Crippen LogP contribution in [0.3, 0.4) is 0 Å². The lowest BCUT2D eigenvalue weighted by Gasteiger charge is -2.03. The first kappa shape index (κ1) is 12.1.